The highest BCUT2D eigenvalue weighted by Gasteiger charge is 2.17. The lowest BCUT2D eigenvalue weighted by Crippen LogP contribution is -2.41. The number of nitrogens with one attached hydrogen (secondary N) is 1. The zero-order valence-corrected chi connectivity index (χ0v) is 16.6. The molecule has 1 aliphatic heterocycles. The molecule has 3 rings (SSSR count). The molecule has 2 heterocycles. The van der Waals surface area contributed by atoms with Crippen LogP contribution in [-0.4, -0.2) is 59.5 Å². The van der Waals surface area contributed by atoms with Gasteiger partial charge in [0.05, 0.1) is 30.9 Å². The lowest BCUT2D eigenvalue weighted by Gasteiger charge is -2.26. The van der Waals surface area contributed by atoms with E-state index >= 15 is 0 Å². The molecule has 1 fully saturated rings. The molecule has 1 N–H and O–H groups in total. The van der Waals surface area contributed by atoms with Crippen molar-refractivity contribution in [2.75, 3.05) is 37.8 Å². The molecule has 2 amide bonds. The van der Waals surface area contributed by atoms with Crippen molar-refractivity contribution in [2.24, 2.45) is 0 Å². The van der Waals surface area contributed by atoms with E-state index in [1.54, 1.807) is 29.3 Å². The Morgan fingerprint density at radius 1 is 1.24 bits per heavy atom. The normalized spacial score (nSPS) is 13.8. The summed E-state index contributed by atoms with van der Waals surface area (Å²) in [6.07, 6.45) is 3.10. The van der Waals surface area contributed by atoms with E-state index in [0.717, 1.165) is 0 Å². The summed E-state index contributed by atoms with van der Waals surface area (Å²) in [7, 11) is 0. The number of rotatable bonds is 8. The lowest BCUT2D eigenvalue weighted by atomic mass is 10.2. The fourth-order valence-electron chi connectivity index (χ4n) is 2.66. The third-order valence-electron chi connectivity index (χ3n) is 4.17. The maximum absolute atomic E-state index is 14.2. The number of benzene rings is 1. The van der Waals surface area contributed by atoms with Gasteiger partial charge in [0.25, 0.3) is 0 Å². The summed E-state index contributed by atoms with van der Waals surface area (Å²) in [5, 5.41) is 2.73. The SMILES string of the molecule is O=C(CSCC(=O)N1CCOCC1)NCc1ccc(Oc2cccnc2)c(F)c1. The Hall–Kier alpha value is -2.65. The minimum atomic E-state index is -0.522. The first-order valence-electron chi connectivity index (χ1n) is 9.18. The van der Waals surface area contributed by atoms with Crippen molar-refractivity contribution in [1.29, 1.82) is 0 Å². The van der Waals surface area contributed by atoms with Crippen molar-refractivity contribution in [2.45, 2.75) is 6.54 Å². The Morgan fingerprint density at radius 2 is 2.07 bits per heavy atom. The smallest absolute Gasteiger partial charge is 0.232 e. The van der Waals surface area contributed by atoms with Crippen LogP contribution in [0.2, 0.25) is 0 Å². The van der Waals surface area contributed by atoms with E-state index in [1.807, 2.05) is 0 Å². The predicted molar refractivity (Wildman–Crippen MR) is 107 cm³/mol. The predicted octanol–water partition coefficient (Wildman–Crippen LogP) is 2.22. The third-order valence-corrected chi connectivity index (χ3v) is 5.09. The average Bonchev–Trinajstić information content (AvgIpc) is 2.75. The molecule has 1 aliphatic rings. The third kappa shape index (κ3) is 6.72. The first-order chi connectivity index (χ1) is 14.1. The van der Waals surface area contributed by atoms with E-state index in [4.69, 9.17) is 9.47 Å². The topological polar surface area (TPSA) is 80.8 Å². The summed E-state index contributed by atoms with van der Waals surface area (Å²) in [5.74, 6) is 0.231. The lowest BCUT2D eigenvalue weighted by molar-refractivity contribution is -0.132. The minimum absolute atomic E-state index is 0.0115. The molecule has 154 valence electrons. The highest BCUT2D eigenvalue weighted by molar-refractivity contribution is 8.00. The molecule has 0 saturated carbocycles. The molecule has 2 aromatic rings. The van der Waals surface area contributed by atoms with Crippen LogP contribution in [0, 0.1) is 5.82 Å². The van der Waals surface area contributed by atoms with Gasteiger partial charge in [-0.25, -0.2) is 4.39 Å². The Morgan fingerprint density at radius 3 is 2.79 bits per heavy atom. The van der Waals surface area contributed by atoms with Crippen LogP contribution < -0.4 is 10.1 Å². The molecule has 0 bridgehead atoms. The zero-order chi connectivity index (χ0) is 20.5. The van der Waals surface area contributed by atoms with Crippen LogP contribution in [-0.2, 0) is 20.9 Å². The molecule has 1 aromatic heterocycles. The van der Waals surface area contributed by atoms with Gasteiger partial charge in [-0.1, -0.05) is 6.07 Å². The Bertz CT molecular complexity index is 832. The number of morpholine rings is 1. The van der Waals surface area contributed by atoms with Gasteiger partial charge in [0, 0.05) is 25.8 Å². The zero-order valence-electron chi connectivity index (χ0n) is 15.8. The van der Waals surface area contributed by atoms with Gasteiger partial charge in [-0.3, -0.25) is 14.6 Å². The molecule has 9 heteroatoms. The molecule has 0 unspecified atom stereocenters. The molecule has 7 nitrogen and oxygen atoms in total. The summed E-state index contributed by atoms with van der Waals surface area (Å²) in [5.41, 5.74) is 0.615. The first-order valence-corrected chi connectivity index (χ1v) is 10.3. The minimum Gasteiger partial charge on any atom is -0.453 e. The van der Waals surface area contributed by atoms with Crippen molar-refractivity contribution < 1.29 is 23.5 Å². The summed E-state index contributed by atoms with van der Waals surface area (Å²) in [4.78, 5) is 29.6. The van der Waals surface area contributed by atoms with Gasteiger partial charge in [-0.05, 0) is 29.8 Å². The maximum Gasteiger partial charge on any atom is 0.232 e. The summed E-state index contributed by atoms with van der Waals surface area (Å²) >= 11 is 1.26. The molecular weight excluding hydrogens is 397 g/mol. The number of thioether (sulfide) groups is 1. The van der Waals surface area contributed by atoms with Gasteiger partial charge >= 0.3 is 0 Å². The second kappa shape index (κ2) is 10.8. The fraction of sp³-hybridized carbons (Fsp3) is 0.350. The highest BCUT2D eigenvalue weighted by Crippen LogP contribution is 2.24. The second-order valence-corrected chi connectivity index (χ2v) is 7.30. The van der Waals surface area contributed by atoms with E-state index in [-0.39, 0.29) is 35.6 Å². The largest absolute Gasteiger partial charge is 0.453 e. The van der Waals surface area contributed by atoms with Gasteiger partial charge in [0.1, 0.15) is 5.75 Å². The number of carbonyl (C=O) groups is 2. The van der Waals surface area contributed by atoms with E-state index in [2.05, 4.69) is 10.3 Å². The average molecular weight is 419 g/mol. The van der Waals surface area contributed by atoms with Gasteiger partial charge in [-0.15, -0.1) is 11.8 Å². The van der Waals surface area contributed by atoms with Crippen LogP contribution in [0.1, 0.15) is 5.56 Å². The Kier molecular flexibility index (Phi) is 7.83. The number of ether oxygens (including phenoxy) is 2. The van der Waals surface area contributed by atoms with Crippen LogP contribution in [0.5, 0.6) is 11.5 Å². The number of amides is 2. The van der Waals surface area contributed by atoms with E-state index < -0.39 is 5.82 Å². The van der Waals surface area contributed by atoms with Crippen LogP contribution in [0.25, 0.3) is 0 Å². The fourth-order valence-corrected chi connectivity index (χ4v) is 3.40. The van der Waals surface area contributed by atoms with Gasteiger partial charge in [0.15, 0.2) is 11.6 Å². The molecule has 0 spiro atoms. The number of pyridine rings is 1. The van der Waals surface area contributed by atoms with E-state index in [1.165, 1.54) is 30.1 Å². The Labute approximate surface area is 172 Å². The first kappa shape index (κ1) is 21.1. The maximum atomic E-state index is 14.2. The second-order valence-electron chi connectivity index (χ2n) is 6.32. The van der Waals surface area contributed by atoms with Gasteiger partial charge in [0.2, 0.25) is 11.8 Å². The standard InChI is InChI=1S/C20H22FN3O4S/c21-17-10-15(3-4-18(17)28-16-2-1-5-22-12-16)11-23-19(25)13-29-14-20(26)24-6-8-27-9-7-24/h1-5,10,12H,6-9,11,13-14H2,(H,23,25). The summed E-state index contributed by atoms with van der Waals surface area (Å²) in [6, 6.07) is 7.90. The Balaban J connectivity index is 1.39. The van der Waals surface area contributed by atoms with Crippen LogP contribution >= 0.6 is 11.8 Å². The number of hydrogen-bond donors (Lipinski definition) is 1. The number of hydrogen-bond acceptors (Lipinski definition) is 6. The molecule has 1 aromatic carbocycles. The van der Waals surface area contributed by atoms with Crippen LogP contribution in [0.4, 0.5) is 4.39 Å². The molecule has 0 aliphatic carbocycles. The van der Waals surface area contributed by atoms with E-state index in [9.17, 15) is 14.0 Å². The monoisotopic (exact) mass is 419 g/mol. The molecule has 0 radical (unpaired) electrons. The number of nitrogens with zero attached hydrogens (tertiary/aromatic N) is 2. The van der Waals surface area contributed by atoms with Crippen molar-refractivity contribution in [3.05, 3.63) is 54.1 Å². The molecule has 1 saturated heterocycles. The van der Waals surface area contributed by atoms with Crippen LogP contribution in [0.15, 0.2) is 42.7 Å². The summed E-state index contributed by atoms with van der Waals surface area (Å²) in [6.45, 7) is 2.50. The highest BCUT2D eigenvalue weighted by atomic mass is 32.2. The van der Waals surface area contributed by atoms with Gasteiger partial charge < -0.3 is 19.7 Å². The quantitative estimate of drug-likeness (QED) is 0.707. The number of halogens is 1. The van der Waals surface area contributed by atoms with Gasteiger partial charge in [-0.2, -0.15) is 0 Å². The van der Waals surface area contributed by atoms with Crippen molar-refractivity contribution in [1.82, 2.24) is 15.2 Å². The molecule has 0 atom stereocenters. The summed E-state index contributed by atoms with van der Waals surface area (Å²) < 4.78 is 24.9. The van der Waals surface area contributed by atoms with Crippen LogP contribution in [0.3, 0.4) is 0 Å². The molecule has 29 heavy (non-hydrogen) atoms. The number of aromatic nitrogens is 1. The number of carbonyl (C=O) groups excluding carboxylic acids is 2. The van der Waals surface area contributed by atoms with Crippen molar-refractivity contribution >= 4 is 23.6 Å². The van der Waals surface area contributed by atoms with Crippen molar-refractivity contribution in [3.63, 3.8) is 0 Å². The van der Waals surface area contributed by atoms with E-state index in [0.29, 0.717) is 37.6 Å². The van der Waals surface area contributed by atoms with Crippen molar-refractivity contribution in [3.8, 4) is 11.5 Å². The molecular formula is C20H22FN3O4S.